The molecular weight excluding hydrogens is 413 g/mol. The molecule has 1 fully saturated rings. The fourth-order valence-electron chi connectivity index (χ4n) is 3.56. The predicted molar refractivity (Wildman–Crippen MR) is 94.3 cm³/mol. The van der Waals surface area contributed by atoms with Crippen molar-refractivity contribution in [3.05, 3.63) is 35.9 Å². The van der Waals surface area contributed by atoms with Gasteiger partial charge in [-0.15, -0.1) is 0 Å². The smallest absolute Gasteiger partial charge is 0.316 e. The summed E-state index contributed by atoms with van der Waals surface area (Å²) in [4.78, 5) is 13.0. The first-order chi connectivity index (χ1) is 11.1. The van der Waals surface area contributed by atoms with Crippen LogP contribution in [-0.4, -0.2) is 43.7 Å². The van der Waals surface area contributed by atoms with Crippen LogP contribution in [0.15, 0.2) is 30.3 Å². The van der Waals surface area contributed by atoms with Gasteiger partial charge in [0.05, 0.1) is 25.6 Å². The predicted octanol–water partition coefficient (Wildman–Crippen LogP) is 0.922. The molecule has 0 atom stereocenters. The Morgan fingerprint density at radius 3 is 2.21 bits per heavy atom. The number of likely N-dealkylation sites (N-methyl/N-ethyl adjacent to an activating group) is 1. The average molecular weight is 445 g/mol. The quantitative estimate of drug-likeness (QED) is 0.355. The molecule has 2 rings (SSSR count). The van der Waals surface area contributed by atoms with Gasteiger partial charge in [0.25, 0.3) is 0 Å². The molecule has 0 saturated heterocycles. The van der Waals surface area contributed by atoms with E-state index in [0.717, 1.165) is 55.4 Å². The number of benzene rings is 1. The summed E-state index contributed by atoms with van der Waals surface area (Å²) in [6.45, 7) is 7.93. The van der Waals surface area contributed by atoms with E-state index in [2.05, 4.69) is 33.0 Å². The molecule has 1 aliphatic rings. The lowest BCUT2D eigenvalue weighted by Crippen LogP contribution is -3.00. The van der Waals surface area contributed by atoms with Crippen LogP contribution in [0.2, 0.25) is 0 Å². The topological polar surface area (TPSA) is 26.3 Å². The van der Waals surface area contributed by atoms with E-state index < -0.39 is 5.41 Å². The number of hydrogen-bond acceptors (Lipinski definition) is 2. The molecule has 0 unspecified atom stereocenters. The van der Waals surface area contributed by atoms with E-state index in [1.165, 1.54) is 6.42 Å². The van der Waals surface area contributed by atoms with Crippen molar-refractivity contribution in [2.24, 2.45) is 0 Å². The highest BCUT2D eigenvalue weighted by Crippen LogP contribution is 2.40. The third-order valence-electron chi connectivity index (χ3n) is 5.82. The van der Waals surface area contributed by atoms with Gasteiger partial charge in [-0.25, -0.2) is 0 Å². The summed E-state index contributed by atoms with van der Waals surface area (Å²) in [6, 6.07) is 10.2. The zero-order chi connectivity index (χ0) is 16.8. The third-order valence-corrected chi connectivity index (χ3v) is 5.82. The van der Waals surface area contributed by atoms with Crippen LogP contribution in [0.4, 0.5) is 0 Å². The minimum atomic E-state index is -0.415. The van der Waals surface area contributed by atoms with Crippen LogP contribution in [0, 0.1) is 0 Å². The number of hydrogen-bond donors (Lipinski definition) is 0. The van der Waals surface area contributed by atoms with Crippen molar-refractivity contribution in [2.45, 2.75) is 51.4 Å². The molecule has 0 amide bonds. The standard InChI is InChI=1S/C20H32NO2.HI/c1-4-21(3,5-2)16-17-23-19(22)20(14-10-7-11-15-20)18-12-8-6-9-13-18;/h6,8-9,12-13H,4-5,7,10-11,14-17H2,1-3H3;1H/q+1;/p-1. The molecule has 0 aliphatic heterocycles. The lowest BCUT2D eigenvalue weighted by molar-refractivity contribution is -0.906. The van der Waals surface area contributed by atoms with Crippen molar-refractivity contribution in [2.75, 3.05) is 33.3 Å². The number of carbonyl (C=O) groups is 1. The normalized spacial score (nSPS) is 17.0. The molecule has 1 aliphatic carbocycles. The van der Waals surface area contributed by atoms with Crippen molar-refractivity contribution >= 4 is 5.97 Å². The van der Waals surface area contributed by atoms with Crippen LogP contribution < -0.4 is 24.0 Å². The van der Waals surface area contributed by atoms with Gasteiger partial charge in [-0.05, 0) is 32.3 Å². The maximum Gasteiger partial charge on any atom is 0.316 e. The van der Waals surface area contributed by atoms with Gasteiger partial charge in [0, 0.05) is 0 Å². The summed E-state index contributed by atoms with van der Waals surface area (Å²) in [5, 5.41) is 0. The lowest BCUT2D eigenvalue weighted by atomic mass is 9.69. The summed E-state index contributed by atoms with van der Waals surface area (Å²) >= 11 is 0. The zero-order valence-corrected chi connectivity index (χ0v) is 17.5. The van der Waals surface area contributed by atoms with Gasteiger partial charge in [0.15, 0.2) is 0 Å². The minimum absolute atomic E-state index is 0. The highest BCUT2D eigenvalue weighted by molar-refractivity contribution is 5.83. The lowest BCUT2D eigenvalue weighted by Gasteiger charge is -2.36. The molecule has 1 saturated carbocycles. The Kier molecular flexibility index (Phi) is 8.71. The van der Waals surface area contributed by atoms with Crippen molar-refractivity contribution in [1.82, 2.24) is 0 Å². The highest BCUT2D eigenvalue weighted by Gasteiger charge is 2.42. The molecule has 0 bridgehead atoms. The zero-order valence-electron chi connectivity index (χ0n) is 15.4. The molecule has 24 heavy (non-hydrogen) atoms. The number of ether oxygens (including phenoxy) is 1. The summed E-state index contributed by atoms with van der Waals surface area (Å²) in [7, 11) is 2.22. The molecule has 0 spiro atoms. The van der Waals surface area contributed by atoms with Gasteiger partial charge in [-0.3, -0.25) is 4.79 Å². The van der Waals surface area contributed by atoms with Crippen molar-refractivity contribution in [3.63, 3.8) is 0 Å². The Balaban J connectivity index is 0.00000288. The summed E-state index contributed by atoms with van der Waals surface area (Å²) in [6.07, 6.45) is 5.29. The number of quaternary nitrogens is 1. The van der Waals surface area contributed by atoms with Gasteiger partial charge >= 0.3 is 5.97 Å². The van der Waals surface area contributed by atoms with Crippen molar-refractivity contribution in [3.8, 4) is 0 Å². The maximum absolute atomic E-state index is 13.0. The average Bonchev–Trinajstić information content (AvgIpc) is 2.62. The molecule has 0 heterocycles. The Morgan fingerprint density at radius 2 is 1.67 bits per heavy atom. The molecule has 0 N–H and O–H groups in total. The second kappa shape index (κ2) is 9.76. The summed E-state index contributed by atoms with van der Waals surface area (Å²) < 4.78 is 6.73. The maximum atomic E-state index is 13.0. The third kappa shape index (κ3) is 4.94. The molecule has 0 aromatic heterocycles. The number of carbonyl (C=O) groups excluding carboxylic acids is 1. The van der Waals surface area contributed by atoms with Gasteiger partial charge in [0.1, 0.15) is 13.2 Å². The van der Waals surface area contributed by atoms with Crippen molar-refractivity contribution in [1.29, 1.82) is 0 Å². The van der Waals surface area contributed by atoms with Gasteiger partial charge in [-0.1, -0.05) is 49.6 Å². The van der Waals surface area contributed by atoms with Crippen LogP contribution in [0.25, 0.3) is 0 Å². The summed E-state index contributed by atoms with van der Waals surface area (Å²) in [5.74, 6) is -0.0119. The second-order valence-electron chi connectivity index (χ2n) is 7.12. The molecular formula is C20H32INO2. The Bertz CT molecular complexity index is 494. The van der Waals surface area contributed by atoms with E-state index in [1.807, 2.05) is 18.2 Å². The molecule has 1 aromatic carbocycles. The highest BCUT2D eigenvalue weighted by atomic mass is 127. The number of halogens is 1. The molecule has 3 nitrogen and oxygen atoms in total. The van der Waals surface area contributed by atoms with E-state index in [-0.39, 0.29) is 29.9 Å². The first-order valence-electron chi connectivity index (χ1n) is 9.12. The Morgan fingerprint density at radius 1 is 1.08 bits per heavy atom. The Labute approximate surface area is 164 Å². The largest absolute Gasteiger partial charge is 1.00 e. The SMILES string of the molecule is CC[N+](C)(CC)CCOC(=O)C1(c2ccccc2)CCCCC1.[I-]. The van der Waals surface area contributed by atoms with Gasteiger partial charge in [0.2, 0.25) is 0 Å². The Hall–Kier alpha value is -0.620. The molecule has 1 aromatic rings. The minimum Gasteiger partial charge on any atom is -1.00 e. The van der Waals surface area contributed by atoms with E-state index >= 15 is 0 Å². The van der Waals surface area contributed by atoms with Crippen LogP contribution in [0.5, 0.6) is 0 Å². The molecule has 136 valence electrons. The van der Waals surface area contributed by atoms with Gasteiger partial charge < -0.3 is 33.2 Å². The van der Waals surface area contributed by atoms with Gasteiger partial charge in [-0.2, -0.15) is 0 Å². The monoisotopic (exact) mass is 445 g/mol. The van der Waals surface area contributed by atoms with E-state index in [9.17, 15) is 4.79 Å². The van der Waals surface area contributed by atoms with Crippen molar-refractivity contribution < 1.29 is 38.0 Å². The number of rotatable bonds is 7. The molecule has 0 radical (unpaired) electrons. The fourth-order valence-corrected chi connectivity index (χ4v) is 3.56. The van der Waals surface area contributed by atoms with Crippen LogP contribution in [-0.2, 0) is 14.9 Å². The molecule has 4 heteroatoms. The second-order valence-corrected chi connectivity index (χ2v) is 7.12. The van der Waals surface area contributed by atoms with E-state index in [4.69, 9.17) is 4.74 Å². The first kappa shape index (κ1) is 21.4. The fraction of sp³-hybridized carbons (Fsp3) is 0.650. The van der Waals surface area contributed by atoms with E-state index in [1.54, 1.807) is 0 Å². The number of nitrogens with zero attached hydrogens (tertiary/aromatic N) is 1. The van der Waals surface area contributed by atoms with Crippen LogP contribution >= 0.6 is 0 Å². The summed E-state index contributed by atoms with van der Waals surface area (Å²) in [5.41, 5.74) is 0.717. The number of esters is 1. The van der Waals surface area contributed by atoms with Crippen LogP contribution in [0.1, 0.15) is 51.5 Å². The first-order valence-corrected chi connectivity index (χ1v) is 9.12. The van der Waals surface area contributed by atoms with E-state index in [0.29, 0.717) is 6.61 Å². The van der Waals surface area contributed by atoms with Crippen LogP contribution in [0.3, 0.4) is 0 Å².